The SMILES string of the molecule is CS(C)(CNCCN1CCNCC1)OS(C)(C)CNCCN1CCNCC1. The third-order valence-corrected chi connectivity index (χ3v) is 9.64. The predicted molar refractivity (Wildman–Crippen MR) is 124 cm³/mol. The van der Waals surface area contributed by atoms with Crippen molar-refractivity contribution in [2.24, 2.45) is 0 Å². The lowest BCUT2D eigenvalue weighted by Crippen LogP contribution is -2.46. The quantitative estimate of drug-likeness (QED) is 0.326. The minimum atomic E-state index is -1.06. The van der Waals surface area contributed by atoms with Gasteiger partial charge in [0.25, 0.3) is 0 Å². The highest BCUT2D eigenvalue weighted by Gasteiger charge is 2.22. The maximum Gasteiger partial charge on any atom is 0.0481 e. The summed E-state index contributed by atoms with van der Waals surface area (Å²) in [6.45, 7) is 13.6. The van der Waals surface area contributed by atoms with Crippen molar-refractivity contribution in [3.63, 3.8) is 0 Å². The molecular weight excluding hydrogens is 380 g/mol. The molecule has 0 aromatic heterocycles. The van der Waals surface area contributed by atoms with Crippen LogP contribution in [0, 0.1) is 0 Å². The summed E-state index contributed by atoms with van der Waals surface area (Å²) in [6.07, 6.45) is 9.17. The van der Waals surface area contributed by atoms with Gasteiger partial charge >= 0.3 is 0 Å². The van der Waals surface area contributed by atoms with Crippen LogP contribution < -0.4 is 21.3 Å². The van der Waals surface area contributed by atoms with Gasteiger partial charge in [-0.3, -0.25) is 13.4 Å². The first-order chi connectivity index (χ1) is 12.9. The molecule has 0 radical (unpaired) electrons. The summed E-state index contributed by atoms with van der Waals surface area (Å²) in [7, 11) is -2.13. The molecule has 0 bridgehead atoms. The fourth-order valence-corrected chi connectivity index (χ4v) is 9.17. The predicted octanol–water partition coefficient (Wildman–Crippen LogP) is -0.134. The maximum atomic E-state index is 6.60. The van der Waals surface area contributed by atoms with Crippen LogP contribution in [0.3, 0.4) is 0 Å². The molecule has 0 saturated carbocycles. The third-order valence-electron chi connectivity index (χ3n) is 4.90. The molecule has 2 fully saturated rings. The second-order valence-electron chi connectivity index (χ2n) is 8.41. The summed E-state index contributed by atoms with van der Waals surface area (Å²) in [6, 6.07) is 0. The van der Waals surface area contributed by atoms with Gasteiger partial charge in [-0.25, -0.2) is 0 Å². The smallest absolute Gasteiger partial charge is 0.0481 e. The topological polar surface area (TPSA) is 63.8 Å². The van der Waals surface area contributed by atoms with Crippen molar-refractivity contribution in [3.05, 3.63) is 0 Å². The van der Waals surface area contributed by atoms with Crippen LogP contribution in [-0.4, -0.2) is 125 Å². The van der Waals surface area contributed by atoms with Gasteiger partial charge in [-0.1, -0.05) is 0 Å². The Kier molecular flexibility index (Phi) is 10.7. The first-order valence-electron chi connectivity index (χ1n) is 10.3. The van der Waals surface area contributed by atoms with E-state index in [0.29, 0.717) is 0 Å². The molecule has 4 N–H and O–H groups in total. The maximum absolute atomic E-state index is 6.60. The summed E-state index contributed by atoms with van der Waals surface area (Å²) in [5.41, 5.74) is 0. The van der Waals surface area contributed by atoms with E-state index >= 15 is 0 Å². The zero-order chi connectivity index (χ0) is 19.6. The Morgan fingerprint density at radius 1 is 0.704 bits per heavy atom. The Hall–Kier alpha value is 0.420. The molecule has 0 spiro atoms. The molecule has 2 rings (SSSR count). The Balaban J connectivity index is 1.55. The lowest BCUT2D eigenvalue weighted by molar-refractivity contribution is 0.242. The van der Waals surface area contributed by atoms with Crippen molar-refractivity contribution in [1.82, 2.24) is 31.1 Å². The third kappa shape index (κ3) is 10.7. The van der Waals surface area contributed by atoms with E-state index < -0.39 is 20.6 Å². The van der Waals surface area contributed by atoms with Crippen molar-refractivity contribution in [3.8, 4) is 0 Å². The first kappa shape index (κ1) is 23.7. The molecule has 2 aliphatic rings. The first-order valence-corrected chi connectivity index (χ1v) is 15.4. The summed E-state index contributed by atoms with van der Waals surface area (Å²) in [5.74, 6) is 1.96. The summed E-state index contributed by atoms with van der Waals surface area (Å²) in [5, 5.41) is 14.1. The normalized spacial score (nSPS) is 22.1. The van der Waals surface area contributed by atoms with Gasteiger partial charge in [0.1, 0.15) is 0 Å². The fraction of sp³-hybridized carbons (Fsp3) is 1.00. The van der Waals surface area contributed by atoms with Gasteiger partial charge in [0.15, 0.2) is 0 Å². The molecule has 2 aliphatic heterocycles. The van der Waals surface area contributed by atoms with Crippen LogP contribution in [0.1, 0.15) is 0 Å². The largest absolute Gasteiger partial charge is 0.314 e. The molecule has 0 aromatic carbocycles. The van der Waals surface area contributed by atoms with Gasteiger partial charge in [-0.2, -0.15) is 0 Å². The Bertz CT molecular complexity index is 365. The minimum Gasteiger partial charge on any atom is -0.314 e. The second kappa shape index (κ2) is 12.2. The molecule has 0 amide bonds. The average Bonchev–Trinajstić information content (AvgIpc) is 2.63. The number of hydrogen-bond donors (Lipinski definition) is 4. The molecule has 2 heterocycles. The number of nitrogens with one attached hydrogen (secondary N) is 4. The number of rotatable bonds is 12. The molecule has 0 atom stereocenters. The van der Waals surface area contributed by atoms with Gasteiger partial charge in [-0.05, 0) is 25.0 Å². The van der Waals surface area contributed by atoms with Crippen molar-refractivity contribution >= 4 is 20.6 Å². The average molecular weight is 425 g/mol. The Morgan fingerprint density at radius 2 is 1.07 bits per heavy atom. The monoisotopic (exact) mass is 424 g/mol. The van der Waals surface area contributed by atoms with E-state index in [4.69, 9.17) is 3.63 Å². The van der Waals surface area contributed by atoms with Gasteiger partial charge < -0.3 is 21.3 Å². The van der Waals surface area contributed by atoms with Gasteiger partial charge in [0.2, 0.25) is 0 Å². The number of hydrogen-bond acceptors (Lipinski definition) is 7. The van der Waals surface area contributed by atoms with E-state index in [1.807, 2.05) is 0 Å². The van der Waals surface area contributed by atoms with Crippen LogP contribution in [0.15, 0.2) is 0 Å². The van der Waals surface area contributed by atoms with E-state index in [1.165, 1.54) is 26.2 Å². The number of piperazine rings is 2. The molecule has 164 valence electrons. The highest BCUT2D eigenvalue weighted by Crippen LogP contribution is 2.56. The summed E-state index contributed by atoms with van der Waals surface area (Å²) < 4.78 is 6.60. The molecule has 27 heavy (non-hydrogen) atoms. The molecule has 0 aliphatic carbocycles. The van der Waals surface area contributed by atoms with E-state index in [0.717, 1.165) is 64.1 Å². The van der Waals surface area contributed by atoms with E-state index in [1.54, 1.807) is 0 Å². The van der Waals surface area contributed by atoms with Crippen molar-refractivity contribution in [2.75, 3.05) is 115 Å². The molecule has 2 saturated heterocycles. The Labute approximate surface area is 170 Å². The summed E-state index contributed by atoms with van der Waals surface area (Å²) >= 11 is 0. The molecule has 0 aromatic rings. The van der Waals surface area contributed by atoms with E-state index in [-0.39, 0.29) is 0 Å². The minimum absolute atomic E-state index is 0.982. The Morgan fingerprint density at radius 3 is 1.44 bits per heavy atom. The molecule has 0 unspecified atom stereocenters. The van der Waals surface area contributed by atoms with Crippen molar-refractivity contribution < 1.29 is 3.63 Å². The van der Waals surface area contributed by atoms with Crippen LogP contribution in [0.5, 0.6) is 0 Å². The van der Waals surface area contributed by atoms with Crippen LogP contribution in [-0.2, 0) is 3.63 Å². The standard InChI is InChI=1S/C18H44N6OS2/c1-26(2,17-21-9-15-23-11-5-19-6-12-23)25-27(3,4)18-22-10-16-24-13-7-20-8-14-24/h19-22H,5-18H2,1-4H3. The molecule has 9 heteroatoms. The van der Waals surface area contributed by atoms with E-state index in [9.17, 15) is 0 Å². The van der Waals surface area contributed by atoms with Crippen LogP contribution in [0.25, 0.3) is 0 Å². The van der Waals surface area contributed by atoms with Crippen molar-refractivity contribution in [2.45, 2.75) is 0 Å². The zero-order valence-corrected chi connectivity index (χ0v) is 19.7. The van der Waals surface area contributed by atoms with Crippen LogP contribution >= 0.6 is 20.6 Å². The van der Waals surface area contributed by atoms with E-state index in [2.05, 4.69) is 56.1 Å². The second-order valence-corrected chi connectivity index (χ2v) is 15.3. The molecule has 7 nitrogen and oxygen atoms in total. The molecular formula is C18H44N6OS2. The fourth-order valence-electron chi connectivity index (χ4n) is 3.53. The lowest BCUT2D eigenvalue weighted by Gasteiger charge is -2.43. The van der Waals surface area contributed by atoms with Gasteiger partial charge in [0.05, 0.1) is 0 Å². The summed E-state index contributed by atoms with van der Waals surface area (Å²) in [4.78, 5) is 5.06. The van der Waals surface area contributed by atoms with Crippen molar-refractivity contribution in [1.29, 1.82) is 0 Å². The lowest BCUT2D eigenvalue weighted by atomic mass is 10.3. The number of nitrogens with zero attached hydrogens (tertiary/aromatic N) is 2. The van der Waals surface area contributed by atoms with Crippen LogP contribution in [0.4, 0.5) is 0 Å². The highest BCUT2D eigenvalue weighted by molar-refractivity contribution is 8.40. The van der Waals surface area contributed by atoms with Gasteiger partial charge in [0, 0.05) is 90.3 Å². The van der Waals surface area contributed by atoms with Gasteiger partial charge in [-0.15, -0.1) is 20.6 Å². The highest BCUT2D eigenvalue weighted by atomic mass is 32.3. The zero-order valence-electron chi connectivity index (χ0n) is 18.0. The van der Waals surface area contributed by atoms with Crippen LogP contribution in [0.2, 0.25) is 0 Å².